The number of thioether (sulfide) groups is 1. The summed E-state index contributed by atoms with van der Waals surface area (Å²) in [5.74, 6) is 1.40. The highest BCUT2D eigenvalue weighted by Gasteiger charge is 2.19. The highest BCUT2D eigenvalue weighted by Crippen LogP contribution is 2.21. The number of aliphatic hydroxyl groups excluding tert-OH is 1. The minimum absolute atomic E-state index is 0.0730. The molecule has 1 atom stereocenters. The van der Waals surface area contributed by atoms with Crippen LogP contribution in [-0.4, -0.2) is 42.7 Å². The summed E-state index contributed by atoms with van der Waals surface area (Å²) in [6.45, 7) is 2.17. The Morgan fingerprint density at radius 1 is 1.31 bits per heavy atom. The number of H-pyrrole nitrogens is 1. The van der Waals surface area contributed by atoms with Crippen LogP contribution in [0.2, 0.25) is 0 Å². The molecule has 0 amide bonds. The predicted octanol–water partition coefficient (Wildman–Crippen LogP) is 0.975. The normalized spacial score (nSPS) is 12.4. The van der Waals surface area contributed by atoms with Gasteiger partial charge in [-0.3, -0.25) is 14.3 Å². The van der Waals surface area contributed by atoms with Crippen molar-refractivity contribution in [2.75, 3.05) is 12.4 Å². The van der Waals surface area contributed by atoms with Crippen LogP contribution >= 0.6 is 11.8 Å². The van der Waals surface area contributed by atoms with Crippen LogP contribution in [0, 0.1) is 0 Å². The zero-order chi connectivity index (χ0) is 18.7. The second-order valence-corrected chi connectivity index (χ2v) is 6.94. The van der Waals surface area contributed by atoms with Gasteiger partial charge in [-0.15, -0.1) is 0 Å². The Balaban J connectivity index is 1.90. The minimum atomic E-state index is -0.847. The van der Waals surface area contributed by atoms with Crippen molar-refractivity contribution in [3.63, 3.8) is 0 Å². The van der Waals surface area contributed by atoms with Crippen molar-refractivity contribution in [1.82, 2.24) is 19.1 Å². The van der Waals surface area contributed by atoms with Crippen molar-refractivity contribution in [3.05, 3.63) is 51.2 Å². The molecule has 0 saturated heterocycles. The molecule has 2 heterocycles. The topological polar surface area (TPSA) is 102 Å². The lowest BCUT2D eigenvalue weighted by Gasteiger charge is -2.15. The molecule has 0 aliphatic carbocycles. The van der Waals surface area contributed by atoms with Crippen molar-refractivity contribution in [2.24, 2.45) is 7.05 Å². The van der Waals surface area contributed by atoms with E-state index in [1.165, 1.54) is 16.3 Å². The van der Waals surface area contributed by atoms with Crippen molar-refractivity contribution in [3.8, 4) is 5.75 Å². The van der Waals surface area contributed by atoms with Crippen molar-refractivity contribution in [2.45, 2.75) is 24.7 Å². The van der Waals surface area contributed by atoms with E-state index in [4.69, 9.17) is 4.74 Å². The molecule has 0 unspecified atom stereocenters. The third-order valence-electron chi connectivity index (χ3n) is 3.82. The van der Waals surface area contributed by atoms with E-state index in [1.807, 2.05) is 25.1 Å². The standard InChI is InChI=1S/C17H20N4O4S/c1-3-26-17-18-14-13(15(23)19-16(24)20(14)2)21(17)9-11(22)10-25-12-7-5-4-6-8-12/h4-8,11,22H,3,9-10H2,1-2H3,(H,19,23,24)/t11-/m0/s1. The van der Waals surface area contributed by atoms with Crippen LogP contribution in [0.1, 0.15) is 6.92 Å². The minimum Gasteiger partial charge on any atom is -0.491 e. The number of aliphatic hydroxyl groups is 1. The number of aromatic nitrogens is 4. The van der Waals surface area contributed by atoms with Crippen LogP contribution < -0.4 is 16.0 Å². The molecule has 138 valence electrons. The van der Waals surface area contributed by atoms with Gasteiger partial charge in [0.1, 0.15) is 18.5 Å². The first-order valence-electron chi connectivity index (χ1n) is 8.19. The molecule has 2 N–H and O–H groups in total. The SMILES string of the molecule is CCSc1nc2c(c(=O)[nH]c(=O)n2C)n1C[C@H](O)COc1ccccc1. The molecule has 26 heavy (non-hydrogen) atoms. The molecule has 0 aliphatic rings. The third kappa shape index (κ3) is 3.68. The molecule has 9 heteroatoms. The summed E-state index contributed by atoms with van der Waals surface area (Å²) in [6, 6.07) is 9.18. The number of para-hydroxylation sites is 1. The fourth-order valence-corrected chi connectivity index (χ4v) is 3.33. The van der Waals surface area contributed by atoms with Gasteiger partial charge in [-0.05, 0) is 17.9 Å². The largest absolute Gasteiger partial charge is 0.491 e. The van der Waals surface area contributed by atoms with Gasteiger partial charge in [-0.2, -0.15) is 0 Å². The molecule has 0 saturated carbocycles. The van der Waals surface area contributed by atoms with Gasteiger partial charge in [0.25, 0.3) is 5.56 Å². The van der Waals surface area contributed by atoms with E-state index in [-0.39, 0.29) is 18.7 Å². The number of hydrogen-bond acceptors (Lipinski definition) is 6. The number of fused-ring (bicyclic) bond motifs is 1. The van der Waals surface area contributed by atoms with Gasteiger partial charge >= 0.3 is 5.69 Å². The highest BCUT2D eigenvalue weighted by atomic mass is 32.2. The Labute approximate surface area is 153 Å². The molecular formula is C17H20N4O4S. The average Bonchev–Trinajstić information content (AvgIpc) is 2.98. The number of benzene rings is 1. The smallest absolute Gasteiger partial charge is 0.329 e. The third-order valence-corrected chi connectivity index (χ3v) is 4.68. The molecule has 0 fully saturated rings. The van der Waals surface area contributed by atoms with Gasteiger partial charge in [0.05, 0.1) is 6.54 Å². The summed E-state index contributed by atoms with van der Waals surface area (Å²) in [7, 11) is 1.55. The zero-order valence-corrected chi connectivity index (χ0v) is 15.3. The number of aryl methyl sites for hydroxylation is 1. The molecule has 0 radical (unpaired) electrons. The fourth-order valence-electron chi connectivity index (χ4n) is 2.60. The van der Waals surface area contributed by atoms with E-state index in [1.54, 1.807) is 23.7 Å². The van der Waals surface area contributed by atoms with Gasteiger partial charge in [0.2, 0.25) is 0 Å². The monoisotopic (exact) mass is 376 g/mol. The Morgan fingerprint density at radius 2 is 2.04 bits per heavy atom. The van der Waals surface area contributed by atoms with Crippen molar-refractivity contribution in [1.29, 1.82) is 0 Å². The van der Waals surface area contributed by atoms with Crippen LogP contribution in [0.25, 0.3) is 11.2 Å². The maximum absolute atomic E-state index is 12.3. The van der Waals surface area contributed by atoms with Crippen molar-refractivity contribution >= 4 is 22.9 Å². The first kappa shape index (κ1) is 18.3. The van der Waals surface area contributed by atoms with Crippen LogP contribution in [0.15, 0.2) is 45.1 Å². The van der Waals surface area contributed by atoms with Crippen molar-refractivity contribution < 1.29 is 9.84 Å². The van der Waals surface area contributed by atoms with E-state index in [9.17, 15) is 14.7 Å². The molecule has 0 bridgehead atoms. The Bertz CT molecular complexity index is 1010. The number of imidazole rings is 1. The second kappa shape index (κ2) is 7.79. The number of aromatic amines is 1. The second-order valence-electron chi connectivity index (χ2n) is 5.71. The molecule has 3 aromatic rings. The van der Waals surface area contributed by atoms with Gasteiger partial charge < -0.3 is 14.4 Å². The number of rotatable bonds is 7. The molecule has 8 nitrogen and oxygen atoms in total. The number of ether oxygens (including phenoxy) is 1. The molecular weight excluding hydrogens is 356 g/mol. The van der Waals surface area contributed by atoms with E-state index < -0.39 is 17.4 Å². The lowest BCUT2D eigenvalue weighted by molar-refractivity contribution is 0.0914. The van der Waals surface area contributed by atoms with E-state index in [0.29, 0.717) is 16.6 Å². The summed E-state index contributed by atoms with van der Waals surface area (Å²) in [5.41, 5.74) is -0.476. The zero-order valence-electron chi connectivity index (χ0n) is 14.5. The predicted molar refractivity (Wildman–Crippen MR) is 99.9 cm³/mol. The lowest BCUT2D eigenvalue weighted by Crippen LogP contribution is -2.30. The number of nitrogens with zero attached hydrogens (tertiary/aromatic N) is 3. The molecule has 0 aliphatic heterocycles. The number of hydrogen-bond donors (Lipinski definition) is 2. The molecule has 1 aromatic carbocycles. The van der Waals surface area contributed by atoms with Gasteiger partial charge in [-0.1, -0.05) is 36.9 Å². The van der Waals surface area contributed by atoms with Gasteiger partial charge in [0, 0.05) is 7.05 Å². The summed E-state index contributed by atoms with van der Waals surface area (Å²) in [6.07, 6.45) is -0.847. The first-order valence-corrected chi connectivity index (χ1v) is 9.18. The van der Waals surface area contributed by atoms with Crippen LogP contribution in [0.4, 0.5) is 0 Å². The maximum atomic E-state index is 12.3. The molecule has 0 spiro atoms. The number of nitrogens with one attached hydrogen (secondary N) is 1. The Kier molecular flexibility index (Phi) is 5.48. The van der Waals surface area contributed by atoms with Crippen LogP contribution in [0.5, 0.6) is 5.75 Å². The summed E-state index contributed by atoms with van der Waals surface area (Å²) in [5, 5.41) is 11.0. The Morgan fingerprint density at radius 3 is 2.73 bits per heavy atom. The van der Waals surface area contributed by atoms with Crippen LogP contribution in [0.3, 0.4) is 0 Å². The van der Waals surface area contributed by atoms with Gasteiger partial charge in [-0.25, -0.2) is 9.78 Å². The maximum Gasteiger partial charge on any atom is 0.329 e. The van der Waals surface area contributed by atoms with E-state index in [2.05, 4.69) is 9.97 Å². The molecule has 2 aromatic heterocycles. The highest BCUT2D eigenvalue weighted by molar-refractivity contribution is 7.99. The van der Waals surface area contributed by atoms with E-state index in [0.717, 1.165) is 5.75 Å². The first-order chi connectivity index (χ1) is 12.5. The fraction of sp³-hybridized carbons (Fsp3) is 0.353. The summed E-state index contributed by atoms with van der Waals surface area (Å²) < 4.78 is 8.50. The summed E-state index contributed by atoms with van der Waals surface area (Å²) >= 11 is 1.44. The van der Waals surface area contributed by atoms with Crippen LogP contribution in [-0.2, 0) is 13.6 Å². The van der Waals surface area contributed by atoms with Gasteiger partial charge in [0.15, 0.2) is 16.3 Å². The average molecular weight is 376 g/mol. The molecule has 3 rings (SSSR count). The quantitative estimate of drug-likeness (QED) is 0.596. The lowest BCUT2D eigenvalue weighted by atomic mass is 10.3. The Hall–Kier alpha value is -2.52. The van der Waals surface area contributed by atoms with E-state index >= 15 is 0 Å². The summed E-state index contributed by atoms with van der Waals surface area (Å²) in [4.78, 5) is 30.8.